The summed E-state index contributed by atoms with van der Waals surface area (Å²) in [6, 6.07) is 3.91. The normalized spacial score (nSPS) is 18.8. The molecule has 2 aliphatic rings. The van der Waals surface area contributed by atoms with Crippen molar-refractivity contribution in [2.45, 2.75) is 26.4 Å². The van der Waals surface area contributed by atoms with E-state index in [0.29, 0.717) is 12.5 Å². The van der Waals surface area contributed by atoms with Crippen LogP contribution >= 0.6 is 12.4 Å². The molecule has 0 saturated carbocycles. The van der Waals surface area contributed by atoms with Gasteiger partial charge in [-0.3, -0.25) is 0 Å². The van der Waals surface area contributed by atoms with Crippen LogP contribution in [0.25, 0.3) is 6.08 Å². The van der Waals surface area contributed by atoms with E-state index in [9.17, 15) is 4.79 Å². The number of ether oxygens (including phenoxy) is 1. The zero-order valence-electron chi connectivity index (χ0n) is 11.6. The fraction of sp³-hybridized carbons (Fsp3) is 0.438. The number of fused-ring (bicyclic) bond motifs is 1. The van der Waals surface area contributed by atoms with E-state index >= 15 is 0 Å². The Bertz CT molecular complexity index is 534. The maximum absolute atomic E-state index is 11.5. The van der Waals surface area contributed by atoms with Crippen LogP contribution in [0.15, 0.2) is 18.2 Å². The Labute approximate surface area is 125 Å². The highest BCUT2D eigenvalue weighted by atomic mass is 35.5. The van der Waals surface area contributed by atoms with E-state index in [2.05, 4.69) is 24.4 Å². The average molecular weight is 294 g/mol. The highest BCUT2D eigenvalue weighted by molar-refractivity contribution is 5.94. The van der Waals surface area contributed by atoms with Crippen molar-refractivity contribution in [2.75, 3.05) is 13.1 Å². The van der Waals surface area contributed by atoms with Crippen molar-refractivity contribution in [1.29, 1.82) is 0 Å². The van der Waals surface area contributed by atoms with E-state index in [4.69, 9.17) is 4.74 Å². The van der Waals surface area contributed by atoms with Crippen LogP contribution in [0.5, 0.6) is 0 Å². The molecule has 0 aliphatic carbocycles. The van der Waals surface area contributed by atoms with Gasteiger partial charge in [0.1, 0.15) is 6.61 Å². The van der Waals surface area contributed by atoms with E-state index in [0.717, 1.165) is 24.2 Å². The molecule has 0 spiro atoms. The van der Waals surface area contributed by atoms with Crippen molar-refractivity contribution in [2.24, 2.45) is 5.92 Å². The predicted molar refractivity (Wildman–Crippen MR) is 82.2 cm³/mol. The summed E-state index contributed by atoms with van der Waals surface area (Å²) >= 11 is 0. The Balaban J connectivity index is 0.00000147. The van der Waals surface area contributed by atoms with Crippen LogP contribution in [0.1, 0.15) is 39.9 Å². The number of nitrogens with one attached hydrogen (secondary N) is 1. The van der Waals surface area contributed by atoms with E-state index in [1.54, 1.807) is 0 Å². The lowest BCUT2D eigenvalue weighted by Crippen LogP contribution is -2.26. The molecule has 4 heteroatoms. The standard InChI is InChI=1S/C16H19NO2.ClH/c1-11-13(3-2-12-6-8-17-9-7-12)4-5-14-15(11)10-19-16(14)18;/h2-5,12,17H,6-10H2,1H3;1H. The second-order valence-corrected chi connectivity index (χ2v) is 5.33. The van der Waals surface area contributed by atoms with Gasteiger partial charge in [-0.15, -0.1) is 12.4 Å². The molecule has 0 unspecified atom stereocenters. The monoisotopic (exact) mass is 293 g/mol. The van der Waals surface area contributed by atoms with E-state index in [1.165, 1.54) is 24.0 Å². The summed E-state index contributed by atoms with van der Waals surface area (Å²) in [6.07, 6.45) is 6.94. The molecule has 20 heavy (non-hydrogen) atoms. The Hall–Kier alpha value is -1.32. The zero-order valence-corrected chi connectivity index (χ0v) is 12.5. The van der Waals surface area contributed by atoms with Crippen LogP contribution in [0.3, 0.4) is 0 Å². The van der Waals surface area contributed by atoms with Gasteiger partial charge in [0.15, 0.2) is 0 Å². The number of piperidine rings is 1. The first-order valence-corrected chi connectivity index (χ1v) is 6.94. The van der Waals surface area contributed by atoms with Gasteiger partial charge >= 0.3 is 5.97 Å². The molecule has 1 aromatic carbocycles. The van der Waals surface area contributed by atoms with Crippen LogP contribution in [-0.4, -0.2) is 19.1 Å². The quantitative estimate of drug-likeness (QED) is 0.852. The minimum atomic E-state index is -0.188. The molecule has 1 saturated heterocycles. The first kappa shape index (κ1) is 15.1. The first-order valence-electron chi connectivity index (χ1n) is 6.94. The summed E-state index contributed by atoms with van der Waals surface area (Å²) < 4.78 is 5.08. The molecule has 1 fully saturated rings. The van der Waals surface area contributed by atoms with Gasteiger partial charge in [0.05, 0.1) is 5.56 Å². The number of cyclic esters (lactones) is 1. The Morgan fingerprint density at radius 2 is 2.05 bits per heavy atom. The van der Waals surface area contributed by atoms with Gasteiger partial charge in [0, 0.05) is 5.56 Å². The minimum Gasteiger partial charge on any atom is -0.457 e. The SMILES string of the molecule is Cc1c(C=CC2CCNCC2)ccc2c1COC2=O.Cl. The third kappa shape index (κ3) is 2.89. The molecule has 1 aromatic rings. The second-order valence-electron chi connectivity index (χ2n) is 5.33. The highest BCUT2D eigenvalue weighted by Crippen LogP contribution is 2.27. The molecule has 108 valence electrons. The van der Waals surface area contributed by atoms with Gasteiger partial charge in [0.2, 0.25) is 0 Å². The lowest BCUT2D eigenvalue weighted by Gasteiger charge is -2.19. The molecule has 0 amide bonds. The maximum Gasteiger partial charge on any atom is 0.338 e. The summed E-state index contributed by atoms with van der Waals surface area (Å²) in [7, 11) is 0. The van der Waals surface area contributed by atoms with E-state index in [1.807, 2.05) is 12.1 Å². The zero-order chi connectivity index (χ0) is 13.2. The van der Waals surface area contributed by atoms with Crippen molar-refractivity contribution in [3.05, 3.63) is 40.5 Å². The van der Waals surface area contributed by atoms with Gasteiger partial charge in [-0.1, -0.05) is 18.2 Å². The highest BCUT2D eigenvalue weighted by Gasteiger charge is 2.23. The van der Waals surface area contributed by atoms with Crippen molar-refractivity contribution in [1.82, 2.24) is 5.32 Å². The smallest absolute Gasteiger partial charge is 0.338 e. The number of benzene rings is 1. The van der Waals surface area contributed by atoms with Crippen molar-refractivity contribution < 1.29 is 9.53 Å². The summed E-state index contributed by atoms with van der Waals surface area (Å²) in [5.41, 5.74) is 4.16. The van der Waals surface area contributed by atoms with Gasteiger partial charge in [0.25, 0.3) is 0 Å². The van der Waals surface area contributed by atoms with Crippen LogP contribution in [0.2, 0.25) is 0 Å². The number of rotatable bonds is 2. The van der Waals surface area contributed by atoms with Crippen molar-refractivity contribution in [3.8, 4) is 0 Å². The lowest BCUT2D eigenvalue weighted by molar-refractivity contribution is 0.0535. The van der Waals surface area contributed by atoms with E-state index in [-0.39, 0.29) is 18.4 Å². The van der Waals surface area contributed by atoms with Gasteiger partial charge in [-0.2, -0.15) is 0 Å². The topological polar surface area (TPSA) is 38.3 Å². The molecule has 0 radical (unpaired) electrons. The van der Waals surface area contributed by atoms with Crippen LogP contribution in [0.4, 0.5) is 0 Å². The van der Waals surface area contributed by atoms with Gasteiger partial charge in [-0.25, -0.2) is 4.79 Å². The van der Waals surface area contributed by atoms with Crippen molar-refractivity contribution in [3.63, 3.8) is 0 Å². The van der Waals surface area contributed by atoms with Crippen LogP contribution in [0, 0.1) is 12.8 Å². The molecular weight excluding hydrogens is 274 g/mol. The number of halogens is 1. The Morgan fingerprint density at radius 3 is 2.80 bits per heavy atom. The fourth-order valence-electron chi connectivity index (χ4n) is 2.82. The summed E-state index contributed by atoms with van der Waals surface area (Å²) in [5.74, 6) is 0.485. The first-order chi connectivity index (χ1) is 9.25. The summed E-state index contributed by atoms with van der Waals surface area (Å²) in [6.45, 7) is 4.72. The molecule has 1 N–H and O–H groups in total. The predicted octanol–water partition coefficient (Wildman–Crippen LogP) is 3.10. The number of hydrogen-bond acceptors (Lipinski definition) is 3. The Kier molecular flexibility index (Phi) is 4.84. The molecule has 0 aromatic heterocycles. The average Bonchev–Trinajstić information content (AvgIpc) is 2.82. The Morgan fingerprint density at radius 1 is 1.30 bits per heavy atom. The third-order valence-corrected chi connectivity index (χ3v) is 4.14. The summed E-state index contributed by atoms with van der Waals surface area (Å²) in [5, 5.41) is 3.38. The fourth-order valence-corrected chi connectivity index (χ4v) is 2.82. The molecule has 3 rings (SSSR count). The van der Waals surface area contributed by atoms with Crippen LogP contribution < -0.4 is 5.32 Å². The molecule has 3 nitrogen and oxygen atoms in total. The number of carbonyl (C=O) groups excluding carboxylic acids is 1. The maximum atomic E-state index is 11.5. The third-order valence-electron chi connectivity index (χ3n) is 4.14. The van der Waals surface area contributed by atoms with E-state index < -0.39 is 0 Å². The van der Waals surface area contributed by atoms with Gasteiger partial charge in [-0.05, 0) is 56.0 Å². The number of carbonyl (C=O) groups is 1. The van der Waals surface area contributed by atoms with Crippen molar-refractivity contribution >= 4 is 24.5 Å². The molecular formula is C16H20ClNO2. The summed E-state index contributed by atoms with van der Waals surface area (Å²) in [4.78, 5) is 11.5. The second kappa shape index (κ2) is 6.42. The number of hydrogen-bond donors (Lipinski definition) is 1. The number of esters is 1. The molecule has 2 aliphatic heterocycles. The molecule has 0 bridgehead atoms. The molecule has 2 heterocycles. The number of allylic oxidation sites excluding steroid dienone is 1. The van der Waals surface area contributed by atoms with Gasteiger partial charge < -0.3 is 10.1 Å². The minimum absolute atomic E-state index is 0. The van der Waals surface area contributed by atoms with Crippen LogP contribution in [-0.2, 0) is 11.3 Å². The largest absolute Gasteiger partial charge is 0.457 e. The molecule has 0 atom stereocenters. The lowest BCUT2D eigenvalue weighted by atomic mass is 9.94.